The molecular formula is C21H28BN2O7P. The molecule has 0 aromatic heterocycles. The summed E-state index contributed by atoms with van der Waals surface area (Å²) in [5, 5.41) is 24.3. The summed E-state index contributed by atoms with van der Waals surface area (Å²) in [6, 6.07) is 12.8. The smallest absolute Gasteiger partial charge is 0.426 e. The molecule has 2 aromatic rings. The number of amides is 2. The van der Waals surface area contributed by atoms with Crippen molar-refractivity contribution in [1.82, 2.24) is 10.6 Å². The van der Waals surface area contributed by atoms with Gasteiger partial charge in [0.2, 0.25) is 5.91 Å². The number of nitrogens with one attached hydrogen (secondary N) is 2. The Bertz CT molecular complexity index is 948. The molecule has 6 N–H and O–H groups in total. The molecule has 2 atom stereocenters. The van der Waals surface area contributed by atoms with Crippen LogP contribution in [-0.4, -0.2) is 50.8 Å². The number of rotatable bonds is 10. The number of carbonyl (C=O) groups excluding carboxylic acids is 2. The van der Waals surface area contributed by atoms with E-state index in [0.29, 0.717) is 6.42 Å². The van der Waals surface area contributed by atoms with E-state index in [2.05, 4.69) is 10.6 Å². The summed E-state index contributed by atoms with van der Waals surface area (Å²) >= 11 is 0. The summed E-state index contributed by atoms with van der Waals surface area (Å²) in [4.78, 5) is 44.1. The third kappa shape index (κ3) is 7.89. The van der Waals surface area contributed by atoms with Crippen LogP contribution in [-0.2, 0) is 15.8 Å². The van der Waals surface area contributed by atoms with E-state index >= 15 is 0 Å². The molecule has 9 nitrogen and oxygen atoms in total. The van der Waals surface area contributed by atoms with Crippen LogP contribution in [0.1, 0.15) is 36.2 Å². The molecule has 0 spiro atoms. The topological polar surface area (TPSA) is 156 Å². The average Bonchev–Trinajstić information content (AvgIpc) is 2.72. The Morgan fingerprint density at radius 1 is 0.969 bits per heavy atom. The Balaban J connectivity index is 2.21. The standard InChI is InChI=1S/C21H28BN2O7P/c1-14(2)12-19(22(27)28)24-21(26)18(13-15-6-4-3-5-7-15)23-20(25)16-8-10-17(11-9-16)32(29,30)31/h3-11,14,18-19,27-28H,12-13H2,1-2H3,(H,23,25)(H,24,26)(H2,29,30,31)/t18?,19-/m0/s1. The predicted octanol–water partition coefficient (Wildman–Crippen LogP) is 0.374. The lowest BCUT2D eigenvalue weighted by molar-refractivity contribution is -0.123. The van der Waals surface area contributed by atoms with E-state index in [1.807, 2.05) is 19.9 Å². The van der Waals surface area contributed by atoms with Gasteiger partial charge in [0.1, 0.15) is 6.04 Å². The molecule has 11 heteroatoms. The molecule has 172 valence electrons. The molecule has 0 saturated carbocycles. The summed E-state index contributed by atoms with van der Waals surface area (Å²) < 4.78 is 11.3. The highest BCUT2D eigenvalue weighted by molar-refractivity contribution is 7.60. The molecule has 0 aliphatic rings. The summed E-state index contributed by atoms with van der Waals surface area (Å²) in [6.45, 7) is 3.76. The van der Waals surface area contributed by atoms with Gasteiger partial charge >= 0.3 is 14.7 Å². The minimum atomic E-state index is -4.44. The lowest BCUT2D eigenvalue weighted by atomic mass is 9.75. The van der Waals surface area contributed by atoms with Crippen LogP contribution < -0.4 is 15.9 Å². The predicted molar refractivity (Wildman–Crippen MR) is 121 cm³/mol. The Labute approximate surface area is 187 Å². The first-order valence-electron chi connectivity index (χ1n) is 10.1. The maximum atomic E-state index is 12.9. The summed E-state index contributed by atoms with van der Waals surface area (Å²) in [7, 11) is -6.19. The maximum absolute atomic E-state index is 12.9. The zero-order valence-electron chi connectivity index (χ0n) is 17.9. The molecule has 0 saturated heterocycles. The van der Waals surface area contributed by atoms with Crippen molar-refractivity contribution >= 4 is 31.8 Å². The van der Waals surface area contributed by atoms with Crippen LogP contribution in [0.25, 0.3) is 0 Å². The second-order valence-corrected chi connectivity index (χ2v) is 9.57. The third-order valence-corrected chi connectivity index (χ3v) is 5.75. The highest BCUT2D eigenvalue weighted by Crippen LogP contribution is 2.32. The van der Waals surface area contributed by atoms with Crippen molar-refractivity contribution in [2.75, 3.05) is 0 Å². The highest BCUT2D eigenvalue weighted by Gasteiger charge is 2.30. The van der Waals surface area contributed by atoms with Gasteiger partial charge in [-0.25, -0.2) is 0 Å². The van der Waals surface area contributed by atoms with Crippen LogP contribution in [0.15, 0.2) is 54.6 Å². The number of benzene rings is 2. The molecule has 0 aliphatic heterocycles. The Hall–Kier alpha value is -2.49. The molecule has 0 radical (unpaired) electrons. The van der Waals surface area contributed by atoms with Gasteiger partial charge in [-0.3, -0.25) is 14.2 Å². The molecule has 1 unspecified atom stereocenters. The van der Waals surface area contributed by atoms with Gasteiger partial charge < -0.3 is 30.5 Å². The first-order valence-corrected chi connectivity index (χ1v) is 11.8. The molecule has 0 aliphatic carbocycles. The lowest BCUT2D eigenvalue weighted by Crippen LogP contribution is -2.55. The van der Waals surface area contributed by atoms with E-state index in [4.69, 9.17) is 0 Å². The highest BCUT2D eigenvalue weighted by atomic mass is 31.2. The summed E-state index contributed by atoms with van der Waals surface area (Å²) in [5.41, 5.74) is 0.906. The number of hydrogen-bond acceptors (Lipinski definition) is 5. The second kappa shape index (κ2) is 11.4. The Morgan fingerprint density at radius 2 is 1.56 bits per heavy atom. The monoisotopic (exact) mass is 462 g/mol. The zero-order valence-corrected chi connectivity index (χ0v) is 18.8. The van der Waals surface area contributed by atoms with E-state index in [9.17, 15) is 34.0 Å². The van der Waals surface area contributed by atoms with Gasteiger partial charge in [-0.05, 0) is 42.2 Å². The molecule has 0 heterocycles. The van der Waals surface area contributed by atoms with Crippen LogP contribution in [0, 0.1) is 5.92 Å². The minimum absolute atomic E-state index is 0.0943. The zero-order chi connectivity index (χ0) is 23.9. The molecule has 0 bridgehead atoms. The fourth-order valence-electron chi connectivity index (χ4n) is 3.15. The molecule has 2 aromatic carbocycles. The Kier molecular flexibility index (Phi) is 9.18. The molecule has 0 fully saturated rings. The van der Waals surface area contributed by atoms with Crippen molar-refractivity contribution in [3.05, 3.63) is 65.7 Å². The van der Waals surface area contributed by atoms with E-state index in [-0.39, 0.29) is 23.2 Å². The quantitative estimate of drug-likeness (QED) is 0.220. The van der Waals surface area contributed by atoms with E-state index in [1.165, 1.54) is 12.1 Å². The normalized spacial score (nSPS) is 13.3. The van der Waals surface area contributed by atoms with Crippen molar-refractivity contribution in [1.29, 1.82) is 0 Å². The van der Waals surface area contributed by atoms with Gasteiger partial charge in [0.25, 0.3) is 5.91 Å². The Morgan fingerprint density at radius 3 is 2.06 bits per heavy atom. The first-order chi connectivity index (χ1) is 15.0. The molecule has 2 amide bonds. The van der Waals surface area contributed by atoms with Crippen molar-refractivity contribution in [3.8, 4) is 0 Å². The maximum Gasteiger partial charge on any atom is 0.475 e. The van der Waals surface area contributed by atoms with Gasteiger partial charge in [-0.2, -0.15) is 0 Å². The number of hydrogen-bond donors (Lipinski definition) is 6. The van der Waals surface area contributed by atoms with Gasteiger partial charge in [0, 0.05) is 12.0 Å². The first kappa shape index (κ1) is 25.8. The van der Waals surface area contributed by atoms with Gasteiger partial charge in [-0.1, -0.05) is 44.2 Å². The molecule has 32 heavy (non-hydrogen) atoms. The molecule has 2 rings (SSSR count). The van der Waals surface area contributed by atoms with Crippen molar-refractivity contribution in [2.24, 2.45) is 5.92 Å². The summed E-state index contributed by atoms with van der Waals surface area (Å²) in [6.07, 6.45) is 0.494. The fraction of sp³-hybridized carbons (Fsp3) is 0.333. The van der Waals surface area contributed by atoms with Crippen LogP contribution in [0.2, 0.25) is 0 Å². The fourth-order valence-corrected chi connectivity index (χ4v) is 3.69. The average molecular weight is 462 g/mol. The largest absolute Gasteiger partial charge is 0.475 e. The van der Waals surface area contributed by atoms with Crippen molar-refractivity contribution in [3.63, 3.8) is 0 Å². The van der Waals surface area contributed by atoms with E-state index in [0.717, 1.165) is 17.7 Å². The van der Waals surface area contributed by atoms with Crippen LogP contribution in [0.3, 0.4) is 0 Å². The van der Waals surface area contributed by atoms with Gasteiger partial charge in [0.15, 0.2) is 0 Å². The van der Waals surface area contributed by atoms with Crippen molar-refractivity contribution < 1.29 is 34.0 Å². The van der Waals surface area contributed by atoms with E-state index < -0.39 is 38.5 Å². The lowest BCUT2D eigenvalue weighted by Gasteiger charge is -2.24. The second-order valence-electron chi connectivity index (χ2n) is 7.96. The SMILES string of the molecule is CC(C)C[C@H](NC(=O)C(Cc1ccccc1)NC(=O)c1ccc(P(=O)(O)O)cc1)B(O)O. The number of carbonyl (C=O) groups is 2. The summed E-state index contributed by atoms with van der Waals surface area (Å²) in [5.74, 6) is -1.99. The minimum Gasteiger partial charge on any atom is -0.426 e. The van der Waals surface area contributed by atoms with Crippen molar-refractivity contribution in [2.45, 2.75) is 38.7 Å². The van der Waals surface area contributed by atoms with Crippen LogP contribution >= 0.6 is 7.60 Å². The van der Waals surface area contributed by atoms with Gasteiger partial charge in [0.05, 0.1) is 11.2 Å². The third-order valence-electron chi connectivity index (χ3n) is 4.78. The van der Waals surface area contributed by atoms with Gasteiger partial charge in [-0.15, -0.1) is 0 Å². The van der Waals surface area contributed by atoms with Crippen LogP contribution in [0.4, 0.5) is 0 Å². The van der Waals surface area contributed by atoms with Crippen LogP contribution in [0.5, 0.6) is 0 Å². The molecular weight excluding hydrogens is 434 g/mol. The van der Waals surface area contributed by atoms with E-state index in [1.54, 1.807) is 24.3 Å².